The summed E-state index contributed by atoms with van der Waals surface area (Å²) >= 11 is 1.72. The molecule has 0 saturated carbocycles. The third-order valence-electron chi connectivity index (χ3n) is 4.38. The van der Waals surface area contributed by atoms with E-state index in [9.17, 15) is 0 Å². The fourth-order valence-corrected chi connectivity index (χ4v) is 3.88. The van der Waals surface area contributed by atoms with Crippen LogP contribution in [0.4, 0.5) is 0 Å². The molecule has 2 aromatic carbocycles. The highest BCUT2D eigenvalue weighted by atomic mass is 32.2. The van der Waals surface area contributed by atoms with E-state index >= 15 is 0 Å². The topological polar surface area (TPSA) is 39.9 Å². The zero-order chi connectivity index (χ0) is 18.5. The van der Waals surface area contributed by atoms with Gasteiger partial charge in [-0.1, -0.05) is 53.7 Å². The third-order valence-corrected chi connectivity index (χ3v) is 5.39. The molecular weight excluding hydrogens is 342 g/mol. The molecule has 0 aliphatic heterocycles. The lowest BCUT2D eigenvalue weighted by Crippen LogP contribution is -2.12. The predicted octanol–water partition coefficient (Wildman–Crippen LogP) is 5.35. The molecule has 1 atom stereocenters. The van der Waals surface area contributed by atoms with Gasteiger partial charge in [-0.2, -0.15) is 0 Å². The first-order valence-corrected chi connectivity index (χ1v) is 9.90. The van der Waals surface area contributed by atoms with Crippen molar-refractivity contribution in [1.29, 1.82) is 0 Å². The molecule has 4 nitrogen and oxygen atoms in total. The minimum atomic E-state index is -0.155. The van der Waals surface area contributed by atoms with Crippen LogP contribution in [0.5, 0.6) is 5.75 Å². The fraction of sp³-hybridized carbons (Fsp3) is 0.333. The summed E-state index contributed by atoms with van der Waals surface area (Å²) in [7, 11) is 0. The van der Waals surface area contributed by atoms with E-state index < -0.39 is 0 Å². The van der Waals surface area contributed by atoms with E-state index in [1.54, 1.807) is 11.8 Å². The molecule has 0 bridgehead atoms. The molecule has 0 amide bonds. The zero-order valence-corrected chi connectivity index (χ0v) is 16.6. The lowest BCUT2D eigenvalue weighted by molar-refractivity contribution is 0.210. The van der Waals surface area contributed by atoms with Crippen molar-refractivity contribution in [2.75, 3.05) is 0 Å². The van der Waals surface area contributed by atoms with Crippen molar-refractivity contribution in [3.05, 3.63) is 71.0 Å². The lowest BCUT2D eigenvalue weighted by atomic mass is 10.1. The highest BCUT2D eigenvalue weighted by Crippen LogP contribution is 2.27. The maximum atomic E-state index is 6.06. The van der Waals surface area contributed by atoms with Gasteiger partial charge in [0.1, 0.15) is 5.75 Å². The van der Waals surface area contributed by atoms with Gasteiger partial charge in [0.25, 0.3) is 0 Å². The molecule has 136 valence electrons. The van der Waals surface area contributed by atoms with Crippen LogP contribution in [0.15, 0.2) is 53.7 Å². The average molecular weight is 368 g/mol. The van der Waals surface area contributed by atoms with Crippen molar-refractivity contribution < 1.29 is 4.74 Å². The number of thioether (sulfide) groups is 1. The SMILES string of the molecule is CCn1c(SCc2ccccc2C)nnc1C(C)Oc1ccc(C)cc1. The first-order chi connectivity index (χ1) is 12.6. The quantitative estimate of drug-likeness (QED) is 0.528. The molecular formula is C21H25N3OS. The molecule has 0 aliphatic carbocycles. The van der Waals surface area contributed by atoms with Crippen LogP contribution in [0.3, 0.4) is 0 Å². The molecule has 1 heterocycles. The van der Waals surface area contributed by atoms with Gasteiger partial charge < -0.3 is 9.30 Å². The Labute approximate surface area is 159 Å². The van der Waals surface area contributed by atoms with E-state index in [4.69, 9.17) is 4.74 Å². The summed E-state index contributed by atoms with van der Waals surface area (Å²) in [5.41, 5.74) is 3.85. The van der Waals surface area contributed by atoms with Crippen molar-refractivity contribution in [2.24, 2.45) is 0 Å². The van der Waals surface area contributed by atoms with E-state index in [1.807, 2.05) is 19.1 Å². The van der Waals surface area contributed by atoms with E-state index in [0.29, 0.717) is 0 Å². The van der Waals surface area contributed by atoms with E-state index in [-0.39, 0.29) is 6.10 Å². The maximum absolute atomic E-state index is 6.06. The van der Waals surface area contributed by atoms with Gasteiger partial charge in [-0.15, -0.1) is 10.2 Å². The molecule has 0 radical (unpaired) electrons. The zero-order valence-electron chi connectivity index (χ0n) is 15.8. The number of hydrogen-bond acceptors (Lipinski definition) is 4. The Morgan fingerprint density at radius 2 is 1.77 bits per heavy atom. The van der Waals surface area contributed by atoms with Gasteiger partial charge in [-0.05, 0) is 51.0 Å². The first kappa shape index (κ1) is 18.5. The van der Waals surface area contributed by atoms with Gasteiger partial charge in [0.05, 0.1) is 0 Å². The average Bonchev–Trinajstić information content (AvgIpc) is 3.06. The Morgan fingerprint density at radius 3 is 2.46 bits per heavy atom. The molecule has 0 N–H and O–H groups in total. The highest BCUT2D eigenvalue weighted by molar-refractivity contribution is 7.98. The molecule has 0 aliphatic rings. The second kappa shape index (κ2) is 8.41. The number of ether oxygens (including phenoxy) is 1. The number of aromatic nitrogens is 3. The standard InChI is InChI=1S/C21H25N3OS/c1-5-24-20(17(4)25-19-12-10-15(2)11-13-19)22-23-21(24)26-14-18-9-7-6-8-16(18)3/h6-13,17H,5,14H2,1-4H3. The van der Waals surface area contributed by atoms with Crippen LogP contribution in [-0.4, -0.2) is 14.8 Å². The molecule has 26 heavy (non-hydrogen) atoms. The Kier molecular flexibility index (Phi) is 5.99. The van der Waals surface area contributed by atoms with Crippen molar-refractivity contribution in [2.45, 2.75) is 51.3 Å². The van der Waals surface area contributed by atoms with Gasteiger partial charge in [0.2, 0.25) is 0 Å². The van der Waals surface area contributed by atoms with Gasteiger partial charge in [-0.25, -0.2) is 0 Å². The van der Waals surface area contributed by atoms with Crippen LogP contribution in [0.1, 0.15) is 42.5 Å². The minimum Gasteiger partial charge on any atom is -0.483 e. The van der Waals surface area contributed by atoms with Gasteiger partial charge >= 0.3 is 0 Å². The molecule has 0 fully saturated rings. The lowest BCUT2D eigenvalue weighted by Gasteiger charge is -2.15. The molecule has 1 unspecified atom stereocenters. The van der Waals surface area contributed by atoms with Crippen molar-refractivity contribution in [3.63, 3.8) is 0 Å². The number of rotatable bonds is 7. The molecule has 0 spiro atoms. The van der Waals surface area contributed by atoms with Crippen LogP contribution in [0.25, 0.3) is 0 Å². The highest BCUT2D eigenvalue weighted by Gasteiger charge is 2.19. The smallest absolute Gasteiger partial charge is 0.191 e. The van der Waals surface area contributed by atoms with Crippen LogP contribution in [0.2, 0.25) is 0 Å². The molecule has 0 saturated heterocycles. The third kappa shape index (κ3) is 4.28. The van der Waals surface area contributed by atoms with Crippen molar-refractivity contribution in [3.8, 4) is 5.75 Å². The summed E-state index contributed by atoms with van der Waals surface area (Å²) in [6.07, 6.45) is -0.155. The maximum Gasteiger partial charge on any atom is 0.191 e. The Balaban J connectivity index is 1.72. The summed E-state index contributed by atoms with van der Waals surface area (Å²) < 4.78 is 8.20. The van der Waals surface area contributed by atoms with Crippen LogP contribution >= 0.6 is 11.8 Å². The number of aryl methyl sites for hydroxylation is 2. The molecule has 3 rings (SSSR count). The van der Waals surface area contributed by atoms with Gasteiger partial charge in [0.15, 0.2) is 17.1 Å². The van der Waals surface area contributed by atoms with Crippen LogP contribution in [-0.2, 0) is 12.3 Å². The monoisotopic (exact) mass is 367 g/mol. The second-order valence-electron chi connectivity index (χ2n) is 6.37. The minimum absolute atomic E-state index is 0.155. The Morgan fingerprint density at radius 1 is 1.04 bits per heavy atom. The number of hydrogen-bond donors (Lipinski definition) is 0. The van der Waals surface area contributed by atoms with Crippen LogP contribution < -0.4 is 4.74 Å². The summed E-state index contributed by atoms with van der Waals surface area (Å²) in [6.45, 7) is 9.16. The van der Waals surface area contributed by atoms with Gasteiger partial charge in [-0.3, -0.25) is 0 Å². The first-order valence-electron chi connectivity index (χ1n) is 8.92. The van der Waals surface area contributed by atoms with E-state index in [2.05, 4.69) is 71.9 Å². The Hall–Kier alpha value is -2.27. The molecule has 3 aromatic rings. The second-order valence-corrected chi connectivity index (χ2v) is 7.32. The van der Waals surface area contributed by atoms with E-state index in [1.165, 1.54) is 16.7 Å². The summed E-state index contributed by atoms with van der Waals surface area (Å²) in [6, 6.07) is 16.5. The van der Waals surface area contributed by atoms with Crippen LogP contribution in [0, 0.1) is 13.8 Å². The summed E-state index contributed by atoms with van der Waals surface area (Å²) in [4.78, 5) is 0. The van der Waals surface area contributed by atoms with E-state index in [0.717, 1.165) is 29.0 Å². The summed E-state index contributed by atoms with van der Waals surface area (Å²) in [5.74, 6) is 2.60. The normalized spacial score (nSPS) is 12.2. The largest absolute Gasteiger partial charge is 0.483 e. The summed E-state index contributed by atoms with van der Waals surface area (Å²) in [5, 5.41) is 9.74. The molecule has 5 heteroatoms. The van der Waals surface area contributed by atoms with Crippen molar-refractivity contribution >= 4 is 11.8 Å². The molecule has 1 aromatic heterocycles. The fourth-order valence-electron chi connectivity index (χ4n) is 2.79. The number of benzene rings is 2. The number of nitrogens with zero attached hydrogens (tertiary/aromatic N) is 3. The van der Waals surface area contributed by atoms with Crippen molar-refractivity contribution in [1.82, 2.24) is 14.8 Å². The van der Waals surface area contributed by atoms with Gasteiger partial charge in [0, 0.05) is 12.3 Å². The Bertz CT molecular complexity index is 858. The predicted molar refractivity (Wildman–Crippen MR) is 107 cm³/mol.